The molecular weight excluding hydrogens is 311 g/mol. The van der Waals surface area contributed by atoms with Crippen LogP contribution in [0.15, 0.2) is 10.7 Å². The van der Waals surface area contributed by atoms with E-state index in [-0.39, 0.29) is 12.0 Å². The molecule has 1 heterocycles. The zero-order valence-electron chi connectivity index (χ0n) is 10.4. The van der Waals surface area contributed by atoms with Gasteiger partial charge in [0.1, 0.15) is 16.2 Å². The van der Waals surface area contributed by atoms with Crippen LogP contribution in [0.1, 0.15) is 33.0 Å². The smallest absolute Gasteiger partial charge is 0.370 e. The number of aromatic nitrogens is 2. The molecule has 3 nitrogen and oxygen atoms in total. The standard InChI is InChI=1S/C11H15BrF3N3/c1-10(2,3)9-17-7(12)6-8(18-9)16-5-4-11(13,14)15/h6H,4-5H2,1-3H3,(H,16,17,18). The van der Waals surface area contributed by atoms with Gasteiger partial charge in [0.05, 0.1) is 6.42 Å². The van der Waals surface area contributed by atoms with E-state index in [0.717, 1.165) is 0 Å². The Morgan fingerprint density at radius 1 is 1.22 bits per heavy atom. The van der Waals surface area contributed by atoms with E-state index in [1.54, 1.807) is 6.07 Å². The average molecular weight is 326 g/mol. The van der Waals surface area contributed by atoms with Crippen molar-refractivity contribution in [3.8, 4) is 0 Å². The normalized spacial score (nSPS) is 12.6. The molecule has 0 unspecified atom stereocenters. The molecule has 0 spiro atoms. The molecule has 18 heavy (non-hydrogen) atoms. The highest BCUT2D eigenvalue weighted by molar-refractivity contribution is 9.10. The molecule has 0 aliphatic rings. The highest BCUT2D eigenvalue weighted by atomic mass is 79.9. The fraction of sp³-hybridized carbons (Fsp3) is 0.636. The van der Waals surface area contributed by atoms with E-state index in [1.165, 1.54) is 0 Å². The van der Waals surface area contributed by atoms with Crippen LogP contribution in [0.25, 0.3) is 0 Å². The first-order valence-corrected chi connectivity index (χ1v) is 6.23. The third-order valence-electron chi connectivity index (χ3n) is 2.08. The maximum atomic E-state index is 12.0. The Balaban J connectivity index is 2.75. The maximum absolute atomic E-state index is 12.0. The average Bonchev–Trinajstić information content (AvgIpc) is 2.13. The van der Waals surface area contributed by atoms with Crippen LogP contribution >= 0.6 is 15.9 Å². The maximum Gasteiger partial charge on any atom is 0.390 e. The number of rotatable bonds is 3. The van der Waals surface area contributed by atoms with Crippen LogP contribution in [0.3, 0.4) is 0 Å². The molecule has 0 saturated heterocycles. The summed E-state index contributed by atoms with van der Waals surface area (Å²) in [6.07, 6.45) is -5.05. The minimum atomic E-state index is -4.16. The zero-order valence-corrected chi connectivity index (χ0v) is 12.0. The zero-order chi connectivity index (χ0) is 14.0. The highest BCUT2D eigenvalue weighted by Gasteiger charge is 2.26. The predicted molar refractivity (Wildman–Crippen MR) is 67.6 cm³/mol. The van der Waals surface area contributed by atoms with Crippen LogP contribution < -0.4 is 5.32 Å². The molecule has 7 heteroatoms. The van der Waals surface area contributed by atoms with Gasteiger partial charge < -0.3 is 5.32 Å². The molecule has 0 bridgehead atoms. The van der Waals surface area contributed by atoms with Gasteiger partial charge in [-0.3, -0.25) is 0 Å². The number of anilines is 1. The summed E-state index contributed by atoms with van der Waals surface area (Å²) in [6.45, 7) is 5.62. The lowest BCUT2D eigenvalue weighted by Gasteiger charge is -2.18. The number of nitrogens with zero attached hydrogens (tertiary/aromatic N) is 2. The highest BCUT2D eigenvalue weighted by Crippen LogP contribution is 2.23. The Labute approximate surface area is 112 Å². The van der Waals surface area contributed by atoms with Gasteiger partial charge in [0.2, 0.25) is 0 Å². The van der Waals surface area contributed by atoms with Crippen molar-refractivity contribution >= 4 is 21.7 Å². The summed E-state index contributed by atoms with van der Waals surface area (Å²) < 4.78 is 36.6. The minimum absolute atomic E-state index is 0.198. The van der Waals surface area contributed by atoms with Crippen molar-refractivity contribution in [2.24, 2.45) is 0 Å². The topological polar surface area (TPSA) is 37.8 Å². The third kappa shape index (κ3) is 5.20. The Morgan fingerprint density at radius 2 is 1.83 bits per heavy atom. The Bertz CT molecular complexity index is 413. The Kier molecular flexibility index (Phi) is 4.58. The number of nitrogens with one attached hydrogen (secondary N) is 1. The van der Waals surface area contributed by atoms with Crippen molar-refractivity contribution in [2.45, 2.75) is 38.8 Å². The molecule has 0 amide bonds. The predicted octanol–water partition coefficient (Wildman–Crippen LogP) is 3.90. The van der Waals surface area contributed by atoms with E-state index in [1.807, 2.05) is 20.8 Å². The molecule has 0 aliphatic carbocycles. The molecule has 0 fully saturated rings. The van der Waals surface area contributed by atoms with Crippen molar-refractivity contribution in [1.82, 2.24) is 9.97 Å². The number of hydrogen-bond donors (Lipinski definition) is 1. The number of hydrogen-bond acceptors (Lipinski definition) is 3. The molecule has 0 atom stereocenters. The lowest BCUT2D eigenvalue weighted by atomic mass is 9.96. The molecule has 0 aromatic carbocycles. The first-order chi connectivity index (χ1) is 8.08. The van der Waals surface area contributed by atoms with Crippen molar-refractivity contribution in [2.75, 3.05) is 11.9 Å². The summed E-state index contributed by atoms with van der Waals surface area (Å²) in [5, 5.41) is 2.65. The summed E-state index contributed by atoms with van der Waals surface area (Å²) >= 11 is 3.22. The lowest BCUT2D eigenvalue weighted by Crippen LogP contribution is -2.19. The summed E-state index contributed by atoms with van der Waals surface area (Å²) in [5.74, 6) is 0.970. The number of alkyl halides is 3. The Morgan fingerprint density at radius 3 is 2.33 bits per heavy atom. The van der Waals surface area contributed by atoms with Gasteiger partial charge >= 0.3 is 6.18 Å². The van der Waals surface area contributed by atoms with E-state index < -0.39 is 12.6 Å². The SMILES string of the molecule is CC(C)(C)c1nc(Br)cc(NCCC(F)(F)F)n1. The molecule has 0 aliphatic heterocycles. The van der Waals surface area contributed by atoms with Gasteiger partial charge in [0.15, 0.2) is 0 Å². The van der Waals surface area contributed by atoms with Crippen LogP contribution in [-0.4, -0.2) is 22.7 Å². The van der Waals surface area contributed by atoms with E-state index >= 15 is 0 Å². The summed E-state index contributed by atoms with van der Waals surface area (Å²) in [7, 11) is 0. The summed E-state index contributed by atoms with van der Waals surface area (Å²) in [4.78, 5) is 8.41. The van der Waals surface area contributed by atoms with Crippen molar-refractivity contribution < 1.29 is 13.2 Å². The monoisotopic (exact) mass is 325 g/mol. The summed E-state index contributed by atoms with van der Waals surface area (Å²) in [5.41, 5.74) is -0.260. The number of halogens is 4. The first kappa shape index (κ1) is 15.2. The quantitative estimate of drug-likeness (QED) is 0.856. The second kappa shape index (κ2) is 5.42. The van der Waals surface area contributed by atoms with Crippen molar-refractivity contribution in [3.05, 3.63) is 16.5 Å². The van der Waals surface area contributed by atoms with Gasteiger partial charge in [-0.2, -0.15) is 13.2 Å². The third-order valence-corrected chi connectivity index (χ3v) is 2.49. The van der Waals surface area contributed by atoms with E-state index in [4.69, 9.17) is 0 Å². The molecule has 0 saturated carbocycles. The van der Waals surface area contributed by atoms with Gasteiger partial charge in [-0.15, -0.1) is 0 Å². The van der Waals surface area contributed by atoms with Crippen LogP contribution in [0.5, 0.6) is 0 Å². The molecule has 102 valence electrons. The first-order valence-electron chi connectivity index (χ1n) is 5.43. The van der Waals surface area contributed by atoms with Crippen LogP contribution in [0, 0.1) is 0 Å². The van der Waals surface area contributed by atoms with Gasteiger partial charge in [-0.1, -0.05) is 20.8 Å². The van der Waals surface area contributed by atoms with Crippen LogP contribution in [0.4, 0.5) is 19.0 Å². The fourth-order valence-corrected chi connectivity index (χ4v) is 1.56. The van der Waals surface area contributed by atoms with Gasteiger partial charge in [-0.05, 0) is 15.9 Å². The molecule has 1 aromatic rings. The molecular formula is C11H15BrF3N3. The second-order valence-corrected chi connectivity index (χ2v) is 5.75. The van der Waals surface area contributed by atoms with Crippen molar-refractivity contribution in [3.63, 3.8) is 0 Å². The van der Waals surface area contributed by atoms with E-state index in [0.29, 0.717) is 16.2 Å². The van der Waals surface area contributed by atoms with Crippen LogP contribution in [0.2, 0.25) is 0 Å². The second-order valence-electron chi connectivity index (χ2n) is 4.94. The molecule has 1 rings (SSSR count). The van der Waals surface area contributed by atoms with Crippen LogP contribution in [-0.2, 0) is 5.41 Å². The van der Waals surface area contributed by atoms with Gasteiger partial charge in [0.25, 0.3) is 0 Å². The van der Waals surface area contributed by atoms with Gasteiger partial charge in [-0.25, -0.2) is 9.97 Å². The largest absolute Gasteiger partial charge is 0.390 e. The molecule has 1 aromatic heterocycles. The summed E-state index contributed by atoms with van der Waals surface area (Å²) in [6, 6.07) is 1.56. The van der Waals surface area contributed by atoms with Crippen molar-refractivity contribution in [1.29, 1.82) is 0 Å². The van der Waals surface area contributed by atoms with E-state index in [9.17, 15) is 13.2 Å². The van der Waals surface area contributed by atoms with E-state index in [2.05, 4.69) is 31.2 Å². The fourth-order valence-electron chi connectivity index (χ4n) is 1.18. The molecule has 0 radical (unpaired) electrons. The molecule has 1 N–H and O–H groups in total. The van der Waals surface area contributed by atoms with Gasteiger partial charge in [0, 0.05) is 18.0 Å². The minimum Gasteiger partial charge on any atom is -0.370 e. The Hall–Kier alpha value is -0.850. The lowest BCUT2D eigenvalue weighted by molar-refractivity contribution is -0.131.